The molecule has 0 bridgehead atoms. The van der Waals surface area contributed by atoms with Gasteiger partial charge in [-0.25, -0.2) is 0 Å². The van der Waals surface area contributed by atoms with E-state index in [4.69, 9.17) is 30.4 Å². The van der Waals surface area contributed by atoms with E-state index in [0.717, 1.165) is 24.4 Å². The first-order valence-electron chi connectivity index (χ1n) is 13.3. The molecule has 5 rings (SSSR count). The van der Waals surface area contributed by atoms with Gasteiger partial charge in [0, 0.05) is 24.9 Å². The van der Waals surface area contributed by atoms with E-state index in [-0.39, 0.29) is 28.9 Å². The van der Waals surface area contributed by atoms with Gasteiger partial charge < -0.3 is 35.7 Å². The zero-order valence-electron chi connectivity index (χ0n) is 22.5. The molecule has 3 heterocycles. The van der Waals surface area contributed by atoms with Crippen molar-refractivity contribution in [3.8, 4) is 17.2 Å². The number of ether oxygens (including phenoxy) is 4. The maximum absolute atomic E-state index is 14.3. The van der Waals surface area contributed by atoms with Crippen LogP contribution in [-0.4, -0.2) is 61.2 Å². The summed E-state index contributed by atoms with van der Waals surface area (Å²) in [4.78, 5) is 41.4. The Morgan fingerprint density at radius 2 is 1.88 bits per heavy atom. The minimum atomic E-state index is -1.15. The number of benzene rings is 2. The van der Waals surface area contributed by atoms with Crippen LogP contribution in [0.2, 0.25) is 0 Å². The maximum Gasteiger partial charge on any atom is 0.273 e. The molecule has 12 nitrogen and oxygen atoms in total. The van der Waals surface area contributed by atoms with Gasteiger partial charge in [0.25, 0.3) is 11.8 Å². The second kappa shape index (κ2) is 12.4. The number of amides is 3. The molecule has 2 atom stereocenters. The fourth-order valence-electron chi connectivity index (χ4n) is 4.75. The average Bonchev–Trinajstić information content (AvgIpc) is 3.64. The third-order valence-corrected chi connectivity index (χ3v) is 7.57. The van der Waals surface area contributed by atoms with Gasteiger partial charge >= 0.3 is 0 Å². The molecular weight excluding hydrogens is 550 g/mol. The number of carbonyl (C=O) groups is 3. The molecule has 2 aliphatic heterocycles. The van der Waals surface area contributed by atoms with Crippen molar-refractivity contribution in [2.24, 2.45) is 5.73 Å². The van der Waals surface area contributed by atoms with Crippen LogP contribution in [0.5, 0.6) is 17.2 Å². The largest absolute Gasteiger partial charge is 0.494 e. The lowest BCUT2D eigenvalue weighted by Gasteiger charge is -2.32. The summed E-state index contributed by atoms with van der Waals surface area (Å²) < 4.78 is 26.7. The van der Waals surface area contributed by atoms with Gasteiger partial charge in [-0.2, -0.15) is 4.37 Å². The third-order valence-electron chi connectivity index (χ3n) is 6.72. The normalized spacial score (nSPS) is 16.6. The molecule has 0 saturated carbocycles. The molecule has 13 heteroatoms. The van der Waals surface area contributed by atoms with Crippen molar-refractivity contribution in [2.75, 3.05) is 43.6 Å². The highest BCUT2D eigenvalue weighted by Gasteiger charge is 2.37. The van der Waals surface area contributed by atoms with Crippen LogP contribution < -0.4 is 35.9 Å². The van der Waals surface area contributed by atoms with E-state index in [0.29, 0.717) is 54.9 Å². The van der Waals surface area contributed by atoms with Crippen LogP contribution in [0.3, 0.4) is 0 Å². The highest BCUT2D eigenvalue weighted by molar-refractivity contribution is 7.09. The molecule has 1 aromatic heterocycles. The predicted octanol–water partition coefficient (Wildman–Crippen LogP) is 2.68. The number of nitrogens with zero attached hydrogens (tertiary/aromatic N) is 2. The summed E-state index contributed by atoms with van der Waals surface area (Å²) in [5, 5.41) is 2.96. The number of nitrogens with one attached hydrogen (secondary N) is 1. The minimum Gasteiger partial charge on any atom is -0.494 e. The monoisotopic (exact) mass is 581 g/mol. The third kappa shape index (κ3) is 6.05. The number of hydrogen-bond acceptors (Lipinski definition) is 10. The minimum absolute atomic E-state index is 0.0310. The summed E-state index contributed by atoms with van der Waals surface area (Å²) in [5.41, 5.74) is 12.1. The highest BCUT2D eigenvalue weighted by Crippen LogP contribution is 2.39. The van der Waals surface area contributed by atoms with Crippen LogP contribution in [0, 0.1) is 0 Å². The van der Waals surface area contributed by atoms with E-state index < -0.39 is 23.8 Å². The van der Waals surface area contributed by atoms with Crippen molar-refractivity contribution in [2.45, 2.75) is 31.9 Å². The zero-order chi connectivity index (χ0) is 28.9. The number of carbonyl (C=O) groups excluding carboxylic acids is 3. The maximum atomic E-state index is 14.3. The second-order valence-electron chi connectivity index (χ2n) is 9.43. The Morgan fingerprint density at radius 3 is 2.54 bits per heavy atom. The summed E-state index contributed by atoms with van der Waals surface area (Å²) in [6.07, 6.45) is 1.62. The first kappa shape index (κ1) is 28.2. The average molecular weight is 582 g/mol. The topological polar surface area (TPSA) is 168 Å². The van der Waals surface area contributed by atoms with Crippen molar-refractivity contribution in [1.29, 1.82) is 0 Å². The van der Waals surface area contributed by atoms with E-state index in [1.165, 1.54) is 4.90 Å². The first-order valence-corrected chi connectivity index (χ1v) is 14.0. The van der Waals surface area contributed by atoms with Crippen LogP contribution in [0.15, 0.2) is 42.5 Å². The van der Waals surface area contributed by atoms with Crippen molar-refractivity contribution >= 4 is 40.6 Å². The second-order valence-corrected chi connectivity index (χ2v) is 10.2. The van der Waals surface area contributed by atoms with Crippen LogP contribution in [0.4, 0.5) is 11.4 Å². The van der Waals surface area contributed by atoms with Gasteiger partial charge in [-0.15, -0.1) is 0 Å². The fraction of sp³-hybridized carbons (Fsp3) is 0.357. The molecule has 1 saturated heterocycles. The van der Waals surface area contributed by atoms with Crippen molar-refractivity contribution in [3.63, 3.8) is 0 Å². The van der Waals surface area contributed by atoms with Gasteiger partial charge in [0.2, 0.25) is 5.91 Å². The highest BCUT2D eigenvalue weighted by atomic mass is 32.1. The van der Waals surface area contributed by atoms with Crippen molar-refractivity contribution < 1.29 is 33.3 Å². The number of nitrogen functional groups attached to an aromatic ring is 1. The molecule has 3 amide bonds. The van der Waals surface area contributed by atoms with E-state index in [2.05, 4.69) is 9.69 Å². The smallest absolute Gasteiger partial charge is 0.273 e. The molecule has 1 fully saturated rings. The van der Waals surface area contributed by atoms with Gasteiger partial charge in [-0.05, 0) is 61.1 Å². The van der Waals surface area contributed by atoms with Crippen LogP contribution in [0.25, 0.3) is 0 Å². The number of hydrogen-bond donors (Lipinski definition) is 3. The lowest BCUT2D eigenvalue weighted by Crippen LogP contribution is -2.45. The van der Waals surface area contributed by atoms with Gasteiger partial charge in [-0.3, -0.25) is 19.3 Å². The van der Waals surface area contributed by atoms with Crippen molar-refractivity contribution in [1.82, 2.24) is 9.69 Å². The number of rotatable bonds is 10. The van der Waals surface area contributed by atoms with Gasteiger partial charge in [0.1, 0.15) is 29.9 Å². The molecule has 0 aliphatic carbocycles. The lowest BCUT2D eigenvalue weighted by atomic mass is 10.0. The molecule has 2 aromatic carbocycles. The fourth-order valence-corrected chi connectivity index (χ4v) is 5.49. The van der Waals surface area contributed by atoms with Crippen LogP contribution in [-0.2, 0) is 9.53 Å². The number of primary amides is 1. The Kier molecular flexibility index (Phi) is 8.55. The Hall–Kier alpha value is -4.36. The van der Waals surface area contributed by atoms with Crippen molar-refractivity contribution in [3.05, 3.63) is 58.6 Å². The number of aromatic nitrogens is 1. The van der Waals surface area contributed by atoms with Gasteiger partial charge in [-0.1, -0.05) is 12.1 Å². The van der Waals surface area contributed by atoms with Gasteiger partial charge in [0.15, 0.2) is 17.2 Å². The standard InChI is InChI=1S/C28H31N5O7S/c1-2-37-18-8-5-16(6-9-18)24(27(35)31-15-19-4-3-11-38-19)33(17-7-10-20-21(14-17)40-13-12-39-20)28(36)25-22(29)23(26(30)34)32-41-25/h5-10,14,19,24H,2-4,11-13,15,29H2,1H3,(H2,30,34)(H,31,35)/t19-,24+/m1/s1. The molecule has 5 N–H and O–H groups in total. The number of nitrogens with two attached hydrogens (primary N) is 2. The Morgan fingerprint density at radius 1 is 1.12 bits per heavy atom. The molecule has 0 unspecified atom stereocenters. The summed E-state index contributed by atoms with van der Waals surface area (Å²) >= 11 is 0.737. The van der Waals surface area contributed by atoms with E-state index in [9.17, 15) is 14.4 Å². The SMILES string of the molecule is CCOc1ccc([C@@H](C(=O)NC[C@H]2CCCO2)N(C(=O)c2snc(C(N)=O)c2N)c2ccc3c(c2)OCCO3)cc1. The Balaban J connectivity index is 1.61. The number of anilines is 2. The van der Waals surface area contributed by atoms with E-state index >= 15 is 0 Å². The summed E-state index contributed by atoms with van der Waals surface area (Å²) in [6.45, 7) is 3.99. The number of fused-ring (bicyclic) bond motifs is 1. The predicted molar refractivity (Wildman–Crippen MR) is 152 cm³/mol. The van der Waals surface area contributed by atoms with E-state index in [1.54, 1.807) is 42.5 Å². The Bertz CT molecular complexity index is 1420. The lowest BCUT2D eigenvalue weighted by molar-refractivity contribution is -0.123. The van der Waals surface area contributed by atoms with Crippen LogP contribution >= 0.6 is 11.5 Å². The summed E-state index contributed by atoms with van der Waals surface area (Å²) in [7, 11) is 0. The molecular formula is C28H31N5O7S. The summed E-state index contributed by atoms with van der Waals surface area (Å²) in [5.74, 6) is -0.389. The molecule has 0 radical (unpaired) electrons. The molecule has 3 aromatic rings. The summed E-state index contributed by atoms with van der Waals surface area (Å²) in [6, 6.07) is 10.7. The quantitative estimate of drug-likeness (QED) is 0.326. The molecule has 2 aliphatic rings. The molecule has 0 spiro atoms. The zero-order valence-corrected chi connectivity index (χ0v) is 23.3. The van der Waals surface area contributed by atoms with Crippen LogP contribution in [0.1, 0.15) is 51.5 Å². The van der Waals surface area contributed by atoms with E-state index in [1.807, 2.05) is 6.92 Å². The Labute approximate surface area is 240 Å². The first-order chi connectivity index (χ1) is 19.9. The molecule has 216 valence electrons. The molecule has 41 heavy (non-hydrogen) atoms. The van der Waals surface area contributed by atoms with Gasteiger partial charge in [0.05, 0.1) is 18.4 Å².